The van der Waals surface area contributed by atoms with Gasteiger partial charge in [-0.15, -0.1) is 0 Å². The van der Waals surface area contributed by atoms with Crippen LogP contribution in [-0.2, 0) is 6.42 Å². The van der Waals surface area contributed by atoms with Gasteiger partial charge in [-0.05, 0) is 76.0 Å². The molecule has 1 aliphatic carbocycles. The Morgan fingerprint density at radius 3 is 2.38 bits per heavy atom. The summed E-state index contributed by atoms with van der Waals surface area (Å²) in [4.78, 5) is 5.40. The predicted molar refractivity (Wildman–Crippen MR) is 149 cm³/mol. The van der Waals surface area contributed by atoms with Crippen molar-refractivity contribution in [2.45, 2.75) is 123 Å². The molecule has 1 saturated carbocycles. The van der Waals surface area contributed by atoms with Gasteiger partial charge in [-0.1, -0.05) is 89.4 Å². The van der Waals surface area contributed by atoms with E-state index in [0.717, 1.165) is 25.3 Å². The minimum absolute atomic E-state index is 0.521. The minimum Gasteiger partial charge on any atom is -0.370 e. The van der Waals surface area contributed by atoms with Gasteiger partial charge >= 0.3 is 0 Å². The third kappa shape index (κ3) is 7.15. The first-order valence-electron chi connectivity index (χ1n) is 14.4. The van der Waals surface area contributed by atoms with E-state index in [-0.39, 0.29) is 0 Å². The molecule has 2 fully saturated rings. The second-order valence-corrected chi connectivity index (χ2v) is 11.4. The quantitative estimate of drug-likeness (QED) is 0.270. The van der Waals surface area contributed by atoms with E-state index in [0.29, 0.717) is 24.0 Å². The highest BCUT2D eigenvalue weighted by Gasteiger charge is 2.38. The van der Waals surface area contributed by atoms with E-state index >= 15 is 0 Å². The minimum atomic E-state index is 0.521. The van der Waals surface area contributed by atoms with E-state index < -0.39 is 0 Å². The fourth-order valence-electron chi connectivity index (χ4n) is 6.42. The molecule has 0 bridgehead atoms. The Bertz CT molecular complexity index is 743. The normalized spacial score (nSPS) is 25.8. The van der Waals surface area contributed by atoms with Crippen LogP contribution < -0.4 is 0 Å². The van der Waals surface area contributed by atoms with Gasteiger partial charge in [0.15, 0.2) is 0 Å². The molecule has 2 aliphatic rings. The number of likely N-dealkylation sites (tertiary alicyclic amines) is 1. The van der Waals surface area contributed by atoms with Crippen LogP contribution in [0, 0.1) is 18.8 Å². The molecule has 2 heteroatoms. The highest BCUT2D eigenvalue weighted by atomic mass is 15.3. The summed E-state index contributed by atoms with van der Waals surface area (Å²) >= 11 is 0. The Balaban J connectivity index is 1.71. The SMILES string of the molecule is C=CN(C1CCC(C)CC1)C1CC(CCCCCC)N(C(=C)C(CC)Cc2ccc(C)cc2)C1. The number of allylic oxidation sites excluding steroid dienone is 1. The number of aryl methyl sites for hydroxylation is 1. The van der Waals surface area contributed by atoms with Crippen LogP contribution in [0.25, 0.3) is 0 Å². The van der Waals surface area contributed by atoms with Crippen LogP contribution in [0.1, 0.15) is 103 Å². The smallest absolute Gasteiger partial charge is 0.0482 e. The van der Waals surface area contributed by atoms with Crippen molar-refractivity contribution in [3.63, 3.8) is 0 Å². The number of nitrogens with zero attached hydrogens (tertiary/aromatic N) is 2. The first-order chi connectivity index (χ1) is 16.5. The van der Waals surface area contributed by atoms with Crippen LogP contribution in [-0.4, -0.2) is 34.5 Å². The molecule has 0 aromatic heterocycles. The molecular formula is C32H52N2. The monoisotopic (exact) mass is 464 g/mol. The summed E-state index contributed by atoms with van der Waals surface area (Å²) in [6, 6.07) is 11.0. The van der Waals surface area contributed by atoms with Gasteiger partial charge in [0.1, 0.15) is 0 Å². The molecule has 2 nitrogen and oxygen atoms in total. The number of unbranched alkanes of at least 4 members (excludes halogenated alkanes) is 3. The Labute approximate surface area is 211 Å². The molecule has 3 atom stereocenters. The molecular weight excluding hydrogens is 412 g/mol. The summed E-state index contributed by atoms with van der Waals surface area (Å²) in [5.74, 6) is 1.41. The van der Waals surface area contributed by atoms with E-state index in [2.05, 4.69) is 74.5 Å². The number of rotatable bonds is 13. The summed E-state index contributed by atoms with van der Waals surface area (Å²) in [6.07, 6.45) is 17.8. The summed E-state index contributed by atoms with van der Waals surface area (Å²) in [7, 11) is 0. The molecule has 3 rings (SSSR count). The zero-order chi connectivity index (χ0) is 24.5. The lowest BCUT2D eigenvalue weighted by Crippen LogP contribution is -2.42. The van der Waals surface area contributed by atoms with Crippen molar-refractivity contribution in [3.8, 4) is 0 Å². The van der Waals surface area contributed by atoms with Crippen molar-refractivity contribution in [2.24, 2.45) is 11.8 Å². The fraction of sp³-hybridized carbons (Fsp3) is 0.688. The van der Waals surface area contributed by atoms with Gasteiger partial charge in [-0.25, -0.2) is 0 Å². The fourth-order valence-corrected chi connectivity index (χ4v) is 6.42. The maximum absolute atomic E-state index is 4.74. The topological polar surface area (TPSA) is 6.48 Å². The number of hydrogen-bond donors (Lipinski definition) is 0. The lowest BCUT2D eigenvalue weighted by molar-refractivity contribution is 0.148. The molecule has 1 heterocycles. The van der Waals surface area contributed by atoms with Crippen molar-refractivity contribution in [2.75, 3.05) is 6.54 Å². The standard InChI is InChI=1S/C32H52N2/c1-7-10-11-12-13-31-23-32(33(9-3)30-20-16-26(5)17-21-30)24-34(31)27(6)29(8-2)22-28-18-14-25(4)15-19-28/h9,14-15,18-19,26,29-32H,3,6-8,10-13,16-17,20-24H2,1-2,4-5H3. The molecule has 1 aromatic rings. The maximum Gasteiger partial charge on any atom is 0.0482 e. The number of hydrogen-bond acceptors (Lipinski definition) is 2. The van der Waals surface area contributed by atoms with Crippen LogP contribution in [0.5, 0.6) is 0 Å². The second-order valence-electron chi connectivity index (χ2n) is 11.4. The average molecular weight is 465 g/mol. The van der Waals surface area contributed by atoms with Crippen LogP contribution in [0.15, 0.2) is 49.3 Å². The predicted octanol–water partition coefficient (Wildman–Crippen LogP) is 8.51. The van der Waals surface area contributed by atoms with Crippen molar-refractivity contribution in [1.82, 2.24) is 9.80 Å². The molecule has 34 heavy (non-hydrogen) atoms. The lowest BCUT2D eigenvalue weighted by atomic mass is 9.86. The highest BCUT2D eigenvalue weighted by molar-refractivity contribution is 5.23. The molecule has 1 aliphatic heterocycles. The molecule has 0 N–H and O–H groups in total. The molecule has 0 amide bonds. The van der Waals surface area contributed by atoms with Gasteiger partial charge in [0, 0.05) is 36.3 Å². The lowest BCUT2D eigenvalue weighted by Gasteiger charge is -2.39. The Hall–Kier alpha value is -1.70. The van der Waals surface area contributed by atoms with Gasteiger partial charge in [0.25, 0.3) is 0 Å². The van der Waals surface area contributed by atoms with Crippen LogP contribution in [0.3, 0.4) is 0 Å². The van der Waals surface area contributed by atoms with Crippen LogP contribution >= 0.6 is 0 Å². The van der Waals surface area contributed by atoms with Crippen LogP contribution in [0.2, 0.25) is 0 Å². The number of benzene rings is 1. The molecule has 3 unspecified atom stereocenters. The van der Waals surface area contributed by atoms with E-state index in [9.17, 15) is 0 Å². The first-order valence-corrected chi connectivity index (χ1v) is 14.4. The largest absolute Gasteiger partial charge is 0.370 e. The second kappa shape index (κ2) is 13.4. The Morgan fingerprint density at radius 1 is 1.06 bits per heavy atom. The van der Waals surface area contributed by atoms with Gasteiger partial charge in [-0.3, -0.25) is 0 Å². The summed E-state index contributed by atoms with van der Waals surface area (Å²) in [5.41, 5.74) is 4.16. The first kappa shape index (κ1) is 26.9. The van der Waals surface area contributed by atoms with Crippen LogP contribution in [0.4, 0.5) is 0 Å². The molecule has 0 spiro atoms. The van der Waals surface area contributed by atoms with Gasteiger partial charge in [-0.2, -0.15) is 0 Å². The van der Waals surface area contributed by atoms with Gasteiger partial charge < -0.3 is 9.80 Å². The molecule has 1 saturated heterocycles. The van der Waals surface area contributed by atoms with E-state index in [1.807, 2.05) is 0 Å². The Kier molecular flexibility index (Phi) is 10.6. The Morgan fingerprint density at radius 2 is 1.76 bits per heavy atom. The van der Waals surface area contributed by atoms with Gasteiger partial charge in [0.2, 0.25) is 0 Å². The van der Waals surface area contributed by atoms with Crippen molar-refractivity contribution >= 4 is 0 Å². The molecule has 1 aromatic carbocycles. The summed E-state index contributed by atoms with van der Waals surface area (Å²) in [6.45, 7) is 19.4. The van der Waals surface area contributed by atoms with Crippen molar-refractivity contribution in [1.29, 1.82) is 0 Å². The van der Waals surface area contributed by atoms with Crippen molar-refractivity contribution in [3.05, 3.63) is 60.4 Å². The molecule has 190 valence electrons. The average Bonchev–Trinajstić information content (AvgIpc) is 3.26. The van der Waals surface area contributed by atoms with E-state index in [4.69, 9.17) is 6.58 Å². The highest BCUT2D eigenvalue weighted by Crippen LogP contribution is 2.36. The zero-order valence-electron chi connectivity index (χ0n) is 22.8. The van der Waals surface area contributed by atoms with Gasteiger partial charge in [0.05, 0.1) is 0 Å². The summed E-state index contributed by atoms with van der Waals surface area (Å²) in [5, 5.41) is 0. The van der Waals surface area contributed by atoms with E-state index in [1.54, 1.807) is 0 Å². The maximum atomic E-state index is 4.74. The van der Waals surface area contributed by atoms with E-state index in [1.165, 1.54) is 81.0 Å². The third-order valence-corrected chi connectivity index (χ3v) is 8.76. The third-order valence-electron chi connectivity index (χ3n) is 8.76. The zero-order valence-corrected chi connectivity index (χ0v) is 22.8. The summed E-state index contributed by atoms with van der Waals surface area (Å²) < 4.78 is 0. The molecule has 0 radical (unpaired) electrons. The van der Waals surface area contributed by atoms with Crippen molar-refractivity contribution < 1.29 is 0 Å².